The van der Waals surface area contributed by atoms with Crippen molar-refractivity contribution in [1.29, 1.82) is 0 Å². The lowest BCUT2D eigenvalue weighted by Gasteiger charge is -2.55. The zero-order valence-corrected chi connectivity index (χ0v) is 13.8. The highest BCUT2D eigenvalue weighted by Crippen LogP contribution is 2.49. The van der Waals surface area contributed by atoms with Crippen molar-refractivity contribution in [3.63, 3.8) is 0 Å². The second-order valence-electron chi connectivity index (χ2n) is 7.69. The summed E-state index contributed by atoms with van der Waals surface area (Å²) in [5, 5.41) is 20.0. The third-order valence-electron chi connectivity index (χ3n) is 5.63. The molecule has 3 heteroatoms. The van der Waals surface area contributed by atoms with Crippen molar-refractivity contribution in [2.45, 2.75) is 58.3 Å². The van der Waals surface area contributed by atoms with Crippen molar-refractivity contribution >= 4 is 0 Å². The van der Waals surface area contributed by atoms with Crippen LogP contribution in [0, 0.1) is 11.3 Å². The minimum Gasteiger partial charge on any atom is -0.392 e. The fourth-order valence-corrected chi connectivity index (χ4v) is 4.05. The van der Waals surface area contributed by atoms with Gasteiger partial charge in [0, 0.05) is 18.4 Å². The SMILES string of the molecule is CC(C)Cc1ccc(CN2CCC3(CC2)[C@H](O)C[C@@H]3O)cc1. The van der Waals surface area contributed by atoms with E-state index in [1.54, 1.807) is 0 Å². The Morgan fingerprint density at radius 1 is 1.05 bits per heavy atom. The van der Waals surface area contributed by atoms with Gasteiger partial charge in [0.2, 0.25) is 0 Å². The summed E-state index contributed by atoms with van der Waals surface area (Å²) in [4.78, 5) is 2.44. The average Bonchev–Trinajstić information content (AvgIpc) is 2.50. The van der Waals surface area contributed by atoms with Crippen molar-refractivity contribution in [3.05, 3.63) is 35.4 Å². The van der Waals surface area contributed by atoms with E-state index in [9.17, 15) is 10.2 Å². The van der Waals surface area contributed by atoms with Gasteiger partial charge in [0.05, 0.1) is 12.2 Å². The molecule has 2 aliphatic rings. The van der Waals surface area contributed by atoms with Crippen LogP contribution in [0.15, 0.2) is 24.3 Å². The first-order chi connectivity index (χ1) is 10.5. The molecule has 1 aromatic rings. The Morgan fingerprint density at radius 2 is 1.59 bits per heavy atom. The fourth-order valence-electron chi connectivity index (χ4n) is 4.05. The Hall–Kier alpha value is -0.900. The van der Waals surface area contributed by atoms with Crippen LogP contribution in [0.2, 0.25) is 0 Å². The largest absolute Gasteiger partial charge is 0.392 e. The summed E-state index contributed by atoms with van der Waals surface area (Å²) in [6, 6.07) is 8.99. The molecule has 1 spiro atoms. The normalized spacial score (nSPS) is 28.0. The van der Waals surface area contributed by atoms with Gasteiger partial charge in [-0.3, -0.25) is 4.90 Å². The third kappa shape index (κ3) is 3.08. The number of aliphatic hydroxyl groups excluding tert-OH is 2. The molecule has 0 bridgehead atoms. The van der Waals surface area contributed by atoms with Crippen molar-refractivity contribution in [2.24, 2.45) is 11.3 Å². The van der Waals surface area contributed by atoms with E-state index in [-0.39, 0.29) is 17.6 Å². The summed E-state index contributed by atoms with van der Waals surface area (Å²) in [7, 11) is 0. The summed E-state index contributed by atoms with van der Waals surface area (Å²) < 4.78 is 0. The van der Waals surface area contributed by atoms with E-state index >= 15 is 0 Å². The lowest BCUT2D eigenvalue weighted by Crippen LogP contribution is -2.61. The average molecular weight is 303 g/mol. The second-order valence-corrected chi connectivity index (χ2v) is 7.69. The highest BCUT2D eigenvalue weighted by atomic mass is 16.3. The van der Waals surface area contributed by atoms with Crippen LogP contribution in [0.5, 0.6) is 0 Å². The van der Waals surface area contributed by atoms with Crippen LogP contribution in [-0.4, -0.2) is 40.4 Å². The third-order valence-corrected chi connectivity index (χ3v) is 5.63. The Morgan fingerprint density at radius 3 is 2.09 bits per heavy atom. The summed E-state index contributed by atoms with van der Waals surface area (Å²) in [6.45, 7) is 7.43. The monoisotopic (exact) mass is 303 g/mol. The first-order valence-corrected chi connectivity index (χ1v) is 8.66. The molecule has 1 aliphatic carbocycles. The summed E-state index contributed by atoms with van der Waals surface area (Å²) in [6.07, 6.45) is 2.96. The Labute approximate surface area is 134 Å². The van der Waals surface area contributed by atoms with Gasteiger partial charge in [0.25, 0.3) is 0 Å². The number of piperidine rings is 1. The molecule has 1 aliphatic heterocycles. The molecule has 3 rings (SSSR count). The number of benzene rings is 1. The van der Waals surface area contributed by atoms with Gasteiger partial charge in [-0.1, -0.05) is 38.1 Å². The maximum Gasteiger partial charge on any atom is 0.0647 e. The number of likely N-dealkylation sites (tertiary alicyclic amines) is 1. The van der Waals surface area contributed by atoms with Crippen LogP contribution in [0.1, 0.15) is 44.2 Å². The molecule has 0 aromatic heterocycles. The van der Waals surface area contributed by atoms with Gasteiger partial charge >= 0.3 is 0 Å². The highest BCUT2D eigenvalue weighted by molar-refractivity contribution is 5.23. The molecule has 22 heavy (non-hydrogen) atoms. The van der Waals surface area contributed by atoms with Crippen LogP contribution < -0.4 is 0 Å². The van der Waals surface area contributed by atoms with E-state index in [1.165, 1.54) is 11.1 Å². The molecular formula is C19H29NO2. The molecule has 122 valence electrons. The molecule has 0 radical (unpaired) electrons. The zero-order valence-electron chi connectivity index (χ0n) is 13.8. The molecule has 1 saturated carbocycles. The maximum atomic E-state index is 9.99. The number of nitrogens with zero attached hydrogens (tertiary/aromatic N) is 1. The zero-order chi connectivity index (χ0) is 15.7. The van der Waals surface area contributed by atoms with Gasteiger partial charge < -0.3 is 10.2 Å². The number of aliphatic hydroxyl groups is 2. The molecule has 1 heterocycles. The van der Waals surface area contributed by atoms with Crippen LogP contribution in [0.4, 0.5) is 0 Å². The molecule has 2 atom stereocenters. The lowest BCUT2D eigenvalue weighted by molar-refractivity contribution is -0.190. The summed E-state index contributed by atoms with van der Waals surface area (Å²) >= 11 is 0. The van der Waals surface area contributed by atoms with Crippen LogP contribution in [0.25, 0.3) is 0 Å². The van der Waals surface area contributed by atoms with Crippen LogP contribution >= 0.6 is 0 Å². The van der Waals surface area contributed by atoms with E-state index < -0.39 is 0 Å². The summed E-state index contributed by atoms with van der Waals surface area (Å²) in [5.41, 5.74) is 2.58. The quantitative estimate of drug-likeness (QED) is 0.898. The first kappa shape index (κ1) is 16.0. The number of hydrogen-bond acceptors (Lipinski definition) is 3. The first-order valence-electron chi connectivity index (χ1n) is 8.66. The van der Waals surface area contributed by atoms with Gasteiger partial charge in [0.15, 0.2) is 0 Å². The smallest absolute Gasteiger partial charge is 0.0647 e. The minimum atomic E-state index is -0.292. The van der Waals surface area contributed by atoms with E-state index in [0.29, 0.717) is 12.3 Å². The molecule has 3 nitrogen and oxygen atoms in total. The van der Waals surface area contributed by atoms with Gasteiger partial charge in [-0.15, -0.1) is 0 Å². The van der Waals surface area contributed by atoms with Crippen LogP contribution in [-0.2, 0) is 13.0 Å². The van der Waals surface area contributed by atoms with Crippen LogP contribution in [0.3, 0.4) is 0 Å². The van der Waals surface area contributed by atoms with Gasteiger partial charge in [-0.2, -0.15) is 0 Å². The predicted octanol–water partition coefficient (Wildman–Crippen LogP) is 2.59. The second kappa shape index (κ2) is 6.31. The molecule has 0 unspecified atom stereocenters. The standard InChI is InChI=1S/C19H29NO2/c1-14(2)11-15-3-5-16(6-4-15)13-20-9-7-19(8-10-20)17(21)12-18(19)22/h3-6,14,17-18,21-22H,7-13H2,1-2H3/t17-,18+. The van der Waals surface area contributed by atoms with Crippen molar-refractivity contribution < 1.29 is 10.2 Å². The van der Waals surface area contributed by atoms with Gasteiger partial charge in [-0.05, 0) is 49.4 Å². The topological polar surface area (TPSA) is 43.7 Å². The highest BCUT2D eigenvalue weighted by Gasteiger charge is 2.54. The van der Waals surface area contributed by atoms with Crippen molar-refractivity contribution in [1.82, 2.24) is 4.90 Å². The number of hydrogen-bond donors (Lipinski definition) is 2. The molecule has 0 amide bonds. The van der Waals surface area contributed by atoms with E-state index in [1.807, 2.05) is 0 Å². The summed E-state index contributed by atoms with van der Waals surface area (Å²) in [5.74, 6) is 0.699. The maximum absolute atomic E-state index is 9.99. The minimum absolute atomic E-state index is 0.197. The van der Waals surface area contributed by atoms with Crippen molar-refractivity contribution in [2.75, 3.05) is 13.1 Å². The fraction of sp³-hybridized carbons (Fsp3) is 0.684. The Balaban J connectivity index is 1.52. The molecule has 2 N–H and O–H groups in total. The number of rotatable bonds is 4. The van der Waals surface area contributed by atoms with E-state index in [4.69, 9.17) is 0 Å². The predicted molar refractivity (Wildman–Crippen MR) is 88.6 cm³/mol. The molecular weight excluding hydrogens is 274 g/mol. The lowest BCUT2D eigenvalue weighted by atomic mass is 9.58. The van der Waals surface area contributed by atoms with E-state index in [2.05, 4.69) is 43.0 Å². The molecule has 2 fully saturated rings. The van der Waals surface area contributed by atoms with Crippen molar-refractivity contribution in [3.8, 4) is 0 Å². The Kier molecular flexibility index (Phi) is 4.58. The van der Waals surface area contributed by atoms with Gasteiger partial charge in [-0.25, -0.2) is 0 Å². The Bertz CT molecular complexity index is 479. The van der Waals surface area contributed by atoms with Gasteiger partial charge in [0.1, 0.15) is 0 Å². The molecule has 1 aromatic carbocycles. The van der Waals surface area contributed by atoms with E-state index in [0.717, 1.165) is 38.9 Å². The molecule has 1 saturated heterocycles.